The average molecular weight is 486 g/mol. The molecular weight excluding hydrogens is 454 g/mol. The van der Waals surface area contributed by atoms with Crippen molar-refractivity contribution in [2.45, 2.75) is 19.4 Å². The van der Waals surface area contributed by atoms with Crippen LogP contribution in [0.25, 0.3) is 11.3 Å². The Morgan fingerprint density at radius 2 is 1.97 bits per heavy atom. The molecule has 0 unspecified atom stereocenters. The summed E-state index contributed by atoms with van der Waals surface area (Å²) in [6.45, 7) is 1.69. The molecule has 10 heteroatoms. The van der Waals surface area contributed by atoms with Crippen LogP contribution in [0.15, 0.2) is 54.7 Å². The quantitative estimate of drug-likeness (QED) is 0.357. The van der Waals surface area contributed by atoms with Gasteiger partial charge in [0.05, 0.1) is 19.1 Å². The lowest BCUT2D eigenvalue weighted by Gasteiger charge is -2.20. The van der Waals surface area contributed by atoms with E-state index in [9.17, 15) is 13.5 Å². The van der Waals surface area contributed by atoms with Gasteiger partial charge in [-0.15, -0.1) is 0 Å². The number of sulfonamides is 1. The largest absolute Gasteiger partial charge is 0.504 e. The van der Waals surface area contributed by atoms with E-state index in [-0.39, 0.29) is 12.3 Å². The summed E-state index contributed by atoms with van der Waals surface area (Å²) in [5.74, 6) is 1.04. The zero-order valence-electron chi connectivity index (χ0n) is 19.4. The third-order valence-electron chi connectivity index (χ3n) is 5.26. The second-order valence-electron chi connectivity index (χ2n) is 7.89. The van der Waals surface area contributed by atoms with Crippen molar-refractivity contribution in [3.05, 3.63) is 65.9 Å². The van der Waals surface area contributed by atoms with Gasteiger partial charge in [-0.3, -0.25) is 0 Å². The lowest BCUT2D eigenvalue weighted by atomic mass is 10.1. The highest BCUT2D eigenvalue weighted by Gasteiger charge is 2.16. The molecule has 0 bridgehead atoms. The maximum absolute atomic E-state index is 12.1. The number of hydrogen-bond acceptors (Lipinski definition) is 8. The number of ether oxygens (including phenoxy) is 1. The SMILES string of the molecule is COc1cc(CCNc2nccc(-c3cccc(CN(CCCN)S(C)(=O)=O)c3)n2)ccc1O. The zero-order valence-corrected chi connectivity index (χ0v) is 20.3. The van der Waals surface area contributed by atoms with E-state index in [1.54, 1.807) is 18.3 Å². The van der Waals surface area contributed by atoms with Crippen LogP contribution in [-0.2, 0) is 23.0 Å². The van der Waals surface area contributed by atoms with Crippen LogP contribution in [0, 0.1) is 0 Å². The van der Waals surface area contributed by atoms with Crippen LogP contribution in [0.1, 0.15) is 17.5 Å². The van der Waals surface area contributed by atoms with E-state index in [0.717, 1.165) is 22.4 Å². The lowest BCUT2D eigenvalue weighted by molar-refractivity contribution is 0.373. The summed E-state index contributed by atoms with van der Waals surface area (Å²) in [7, 11) is -1.82. The predicted molar refractivity (Wildman–Crippen MR) is 133 cm³/mol. The Morgan fingerprint density at radius 3 is 2.71 bits per heavy atom. The molecule has 9 nitrogen and oxygen atoms in total. The molecule has 1 heterocycles. The summed E-state index contributed by atoms with van der Waals surface area (Å²) in [6.07, 6.45) is 4.20. The van der Waals surface area contributed by atoms with Gasteiger partial charge in [-0.05, 0) is 54.8 Å². The van der Waals surface area contributed by atoms with Gasteiger partial charge in [-0.1, -0.05) is 24.3 Å². The molecule has 0 amide bonds. The van der Waals surface area contributed by atoms with Gasteiger partial charge in [0.1, 0.15) is 0 Å². The van der Waals surface area contributed by atoms with Crippen LogP contribution >= 0.6 is 0 Å². The number of phenolic OH excluding ortho intramolecular Hbond substituents is 1. The van der Waals surface area contributed by atoms with Crippen LogP contribution < -0.4 is 15.8 Å². The Morgan fingerprint density at radius 1 is 1.15 bits per heavy atom. The smallest absolute Gasteiger partial charge is 0.223 e. The molecule has 0 saturated carbocycles. The summed E-state index contributed by atoms with van der Waals surface area (Å²) >= 11 is 0. The molecule has 0 atom stereocenters. The molecule has 3 aromatic rings. The van der Waals surface area contributed by atoms with E-state index in [0.29, 0.717) is 44.2 Å². The fourth-order valence-corrected chi connectivity index (χ4v) is 4.31. The minimum atomic E-state index is -3.34. The first-order chi connectivity index (χ1) is 16.3. The molecule has 0 fully saturated rings. The number of hydrogen-bond donors (Lipinski definition) is 3. The van der Waals surface area contributed by atoms with Gasteiger partial charge in [0.15, 0.2) is 11.5 Å². The monoisotopic (exact) mass is 485 g/mol. The van der Waals surface area contributed by atoms with Crippen LogP contribution in [0.4, 0.5) is 5.95 Å². The van der Waals surface area contributed by atoms with Crippen LogP contribution in [-0.4, -0.2) is 60.8 Å². The summed E-state index contributed by atoms with van der Waals surface area (Å²) < 4.78 is 30.9. The van der Waals surface area contributed by atoms with Gasteiger partial charge in [-0.25, -0.2) is 18.4 Å². The molecular formula is C24H31N5O4S. The van der Waals surface area contributed by atoms with Crippen molar-refractivity contribution in [1.82, 2.24) is 14.3 Å². The molecule has 3 rings (SSSR count). The van der Waals surface area contributed by atoms with E-state index < -0.39 is 10.0 Å². The van der Waals surface area contributed by atoms with E-state index >= 15 is 0 Å². The molecule has 34 heavy (non-hydrogen) atoms. The first kappa shape index (κ1) is 25.4. The normalized spacial score (nSPS) is 11.5. The Labute approximate surface area is 200 Å². The topological polar surface area (TPSA) is 131 Å². The highest BCUT2D eigenvalue weighted by atomic mass is 32.2. The van der Waals surface area contributed by atoms with Crippen molar-refractivity contribution in [1.29, 1.82) is 0 Å². The minimum Gasteiger partial charge on any atom is -0.504 e. The van der Waals surface area contributed by atoms with Crippen LogP contribution in [0.5, 0.6) is 11.5 Å². The predicted octanol–water partition coefficient (Wildman–Crippen LogP) is 2.62. The maximum Gasteiger partial charge on any atom is 0.223 e. The summed E-state index contributed by atoms with van der Waals surface area (Å²) in [5, 5.41) is 12.9. The van der Waals surface area contributed by atoms with Crippen LogP contribution in [0.3, 0.4) is 0 Å². The van der Waals surface area contributed by atoms with Gasteiger partial charge in [-0.2, -0.15) is 4.31 Å². The number of benzene rings is 2. The van der Waals surface area contributed by atoms with E-state index in [4.69, 9.17) is 10.5 Å². The fourth-order valence-electron chi connectivity index (χ4n) is 3.46. The van der Waals surface area contributed by atoms with Crippen molar-refractivity contribution in [2.75, 3.05) is 38.3 Å². The number of aromatic nitrogens is 2. The molecule has 0 radical (unpaired) electrons. The molecule has 4 N–H and O–H groups in total. The van der Waals surface area contributed by atoms with Gasteiger partial charge >= 0.3 is 0 Å². The lowest BCUT2D eigenvalue weighted by Crippen LogP contribution is -2.31. The molecule has 2 aromatic carbocycles. The highest BCUT2D eigenvalue weighted by molar-refractivity contribution is 7.88. The Kier molecular flexibility index (Phi) is 8.80. The Balaban J connectivity index is 1.68. The molecule has 182 valence electrons. The number of aromatic hydroxyl groups is 1. The van der Waals surface area contributed by atoms with Crippen molar-refractivity contribution < 1.29 is 18.3 Å². The molecule has 0 spiro atoms. The van der Waals surface area contributed by atoms with E-state index in [1.165, 1.54) is 17.7 Å². The summed E-state index contributed by atoms with van der Waals surface area (Å²) in [6, 6.07) is 14.7. The van der Waals surface area contributed by atoms with Crippen molar-refractivity contribution in [3.8, 4) is 22.8 Å². The number of methoxy groups -OCH3 is 1. The molecule has 1 aromatic heterocycles. The third-order valence-corrected chi connectivity index (χ3v) is 6.51. The fraction of sp³-hybridized carbons (Fsp3) is 0.333. The number of rotatable bonds is 12. The molecule has 0 aliphatic heterocycles. The maximum atomic E-state index is 12.1. The number of nitrogens with two attached hydrogens (primary N) is 1. The zero-order chi connectivity index (χ0) is 24.6. The molecule has 0 saturated heterocycles. The first-order valence-electron chi connectivity index (χ1n) is 11.0. The van der Waals surface area contributed by atoms with Gasteiger partial charge in [0, 0.05) is 31.4 Å². The highest BCUT2D eigenvalue weighted by Crippen LogP contribution is 2.26. The van der Waals surface area contributed by atoms with Crippen molar-refractivity contribution in [3.63, 3.8) is 0 Å². The van der Waals surface area contributed by atoms with Gasteiger partial charge in [0.25, 0.3) is 0 Å². The van der Waals surface area contributed by atoms with Gasteiger partial charge in [0.2, 0.25) is 16.0 Å². The van der Waals surface area contributed by atoms with Crippen LogP contribution in [0.2, 0.25) is 0 Å². The summed E-state index contributed by atoms with van der Waals surface area (Å²) in [4.78, 5) is 8.90. The van der Waals surface area contributed by atoms with E-state index in [1.807, 2.05) is 36.4 Å². The standard InChI is InChI=1S/C24H31N5O4S/c1-33-23-16-18(7-8-22(23)30)9-12-26-24-27-13-10-21(28-24)20-6-3-5-19(15-20)17-29(14-4-11-25)34(2,31)32/h3,5-8,10,13,15-16,30H,4,9,11-12,14,17,25H2,1-2H3,(H,26,27,28). The third kappa shape index (κ3) is 7.14. The molecule has 0 aliphatic rings. The number of nitrogens with one attached hydrogen (secondary N) is 1. The van der Waals surface area contributed by atoms with Crippen molar-refractivity contribution >= 4 is 16.0 Å². The second-order valence-corrected chi connectivity index (χ2v) is 9.87. The summed E-state index contributed by atoms with van der Waals surface area (Å²) in [5.41, 5.74) is 9.05. The molecule has 0 aliphatic carbocycles. The number of anilines is 1. The van der Waals surface area contributed by atoms with Gasteiger partial charge < -0.3 is 20.9 Å². The Bertz CT molecular complexity index is 1200. The van der Waals surface area contributed by atoms with E-state index in [2.05, 4.69) is 15.3 Å². The van der Waals surface area contributed by atoms with Crippen molar-refractivity contribution in [2.24, 2.45) is 5.73 Å². The minimum absolute atomic E-state index is 0.108. The Hall–Kier alpha value is -3.21. The number of nitrogens with zero attached hydrogens (tertiary/aromatic N) is 3. The first-order valence-corrected chi connectivity index (χ1v) is 12.8. The second kappa shape index (κ2) is 11.8. The number of phenols is 1. The average Bonchev–Trinajstić information content (AvgIpc) is 2.82.